The number of hydrogen-bond donors (Lipinski definition) is 11. The summed E-state index contributed by atoms with van der Waals surface area (Å²) in [6, 6.07) is -5.62. The number of unbranched alkanes of at least 4 members (excludes halogenated alkanes) is 1. The van der Waals surface area contributed by atoms with E-state index in [0.29, 0.717) is 32.4 Å². The van der Waals surface area contributed by atoms with Crippen LogP contribution in [-0.4, -0.2) is 95.4 Å². The predicted octanol–water partition coefficient (Wildman–Crippen LogP) is -4.86. The number of carboxylic acids is 2. The molecule has 42 heavy (non-hydrogen) atoms. The van der Waals surface area contributed by atoms with Crippen LogP contribution in [-0.2, 0) is 28.8 Å². The Hall–Kier alpha value is -3.38. The van der Waals surface area contributed by atoms with E-state index in [4.69, 9.17) is 16.6 Å². The van der Waals surface area contributed by atoms with Gasteiger partial charge in [0, 0.05) is 0 Å². The molecular formula is C25H51N9O8+2. The third-order valence-electron chi connectivity index (χ3n) is 6.09. The van der Waals surface area contributed by atoms with Gasteiger partial charge in [0.2, 0.25) is 17.7 Å². The van der Waals surface area contributed by atoms with Gasteiger partial charge in [-0.3, -0.25) is 29.3 Å². The Morgan fingerprint density at radius 3 is 1.64 bits per heavy atom. The number of rotatable bonds is 22. The standard InChI is InChI=1S/C25H49N9O8/c1-13(2)11-17(23(40)34-18(24(41)42)12-19(35)36)33-22(39)15(7-4-5-9-26)32-21(38)16(31-20(37)14(3)27)8-6-10-30-25(28)29/h13-18,25,30H,4-12,26-29H2,1-3H3,(H,31,37)(H,32,38)(H,33,39)(H,34,40)(H,35,36)(H,41,42)/p+2/t14-,15-,16-,17-,18-/m0/s1. The maximum atomic E-state index is 13.4. The average Bonchev–Trinajstić information content (AvgIpc) is 2.87. The molecule has 0 aromatic heterocycles. The van der Waals surface area contributed by atoms with Gasteiger partial charge in [0.1, 0.15) is 30.5 Å². The van der Waals surface area contributed by atoms with Crippen molar-refractivity contribution in [3.05, 3.63) is 0 Å². The van der Waals surface area contributed by atoms with Crippen molar-refractivity contribution in [2.75, 3.05) is 13.1 Å². The highest BCUT2D eigenvalue weighted by Crippen LogP contribution is 2.09. The SMILES string of the molecule is CC(C)C[C@H](NC(=O)[C@H](CCCC[NH3+])NC(=O)[C@H](CCCNC(N)N)NC(=O)[C@H](C)[NH3+])C(=O)N[C@@H](CC(=O)O)C(=O)O. The Morgan fingerprint density at radius 2 is 1.19 bits per heavy atom. The van der Waals surface area contributed by atoms with E-state index in [0.717, 1.165) is 0 Å². The molecule has 0 aromatic rings. The van der Waals surface area contributed by atoms with Crippen molar-refractivity contribution >= 4 is 35.6 Å². The Bertz CT molecular complexity index is 901. The van der Waals surface area contributed by atoms with Gasteiger partial charge in [0.15, 0.2) is 6.04 Å². The normalized spacial score (nSPS) is 14.8. The number of carbonyl (C=O) groups excluding carboxylic acids is 4. The highest BCUT2D eigenvalue weighted by Gasteiger charge is 2.32. The number of aliphatic carboxylic acids is 2. The number of quaternary nitrogens is 2. The second kappa shape index (κ2) is 20.5. The lowest BCUT2D eigenvalue weighted by molar-refractivity contribution is -0.398. The van der Waals surface area contributed by atoms with Gasteiger partial charge in [-0.05, 0) is 57.9 Å². The molecule has 17 N–H and O–H groups in total. The van der Waals surface area contributed by atoms with Gasteiger partial charge in [0.25, 0.3) is 5.91 Å². The molecule has 0 fully saturated rings. The Morgan fingerprint density at radius 1 is 0.714 bits per heavy atom. The summed E-state index contributed by atoms with van der Waals surface area (Å²) in [4.78, 5) is 74.5. The zero-order chi connectivity index (χ0) is 32.4. The van der Waals surface area contributed by atoms with Crippen molar-refractivity contribution in [2.24, 2.45) is 17.4 Å². The van der Waals surface area contributed by atoms with Gasteiger partial charge in [-0.1, -0.05) is 13.8 Å². The highest BCUT2D eigenvalue weighted by molar-refractivity contribution is 5.95. The molecule has 17 heteroatoms. The number of amides is 4. The Labute approximate surface area is 245 Å². The molecule has 17 nitrogen and oxygen atoms in total. The van der Waals surface area contributed by atoms with Crippen LogP contribution in [0.1, 0.15) is 65.7 Å². The maximum Gasteiger partial charge on any atom is 0.326 e. The fourth-order valence-corrected chi connectivity index (χ4v) is 3.85. The van der Waals surface area contributed by atoms with Crippen molar-refractivity contribution < 1.29 is 50.4 Å². The van der Waals surface area contributed by atoms with Gasteiger partial charge in [0.05, 0.1) is 13.0 Å². The van der Waals surface area contributed by atoms with E-state index in [9.17, 15) is 33.9 Å². The van der Waals surface area contributed by atoms with Crippen LogP contribution >= 0.6 is 0 Å². The monoisotopic (exact) mass is 605 g/mol. The summed E-state index contributed by atoms with van der Waals surface area (Å²) >= 11 is 0. The van der Waals surface area contributed by atoms with Crippen LogP contribution in [0.4, 0.5) is 0 Å². The smallest absolute Gasteiger partial charge is 0.326 e. The van der Waals surface area contributed by atoms with Crippen LogP contribution in [0.25, 0.3) is 0 Å². The minimum atomic E-state index is -1.70. The third-order valence-corrected chi connectivity index (χ3v) is 6.09. The maximum absolute atomic E-state index is 13.4. The molecule has 0 bridgehead atoms. The van der Waals surface area contributed by atoms with Crippen LogP contribution in [0, 0.1) is 5.92 Å². The molecule has 0 aliphatic heterocycles. The molecule has 242 valence electrons. The van der Waals surface area contributed by atoms with Crippen LogP contribution in [0.5, 0.6) is 0 Å². The number of nitrogens with one attached hydrogen (secondary N) is 5. The van der Waals surface area contributed by atoms with Crippen molar-refractivity contribution in [2.45, 2.75) is 102 Å². The molecule has 0 heterocycles. The fraction of sp³-hybridized carbons (Fsp3) is 0.760. The lowest BCUT2D eigenvalue weighted by Gasteiger charge is -2.27. The van der Waals surface area contributed by atoms with Crippen molar-refractivity contribution in [1.29, 1.82) is 0 Å². The third kappa shape index (κ3) is 16.8. The number of nitrogens with two attached hydrogens (primary N) is 2. The van der Waals surface area contributed by atoms with E-state index in [1.54, 1.807) is 20.8 Å². The van der Waals surface area contributed by atoms with E-state index in [1.807, 2.05) is 0 Å². The van der Waals surface area contributed by atoms with E-state index in [-0.39, 0.29) is 25.2 Å². The number of hydrogen-bond acceptors (Lipinski definition) is 9. The summed E-state index contributed by atoms with van der Waals surface area (Å²) in [6.45, 7) is 6.11. The lowest BCUT2D eigenvalue weighted by atomic mass is 10.0. The molecule has 0 rings (SSSR count). The first-order valence-corrected chi connectivity index (χ1v) is 14.1. The molecule has 0 radical (unpaired) electrons. The molecule has 0 unspecified atom stereocenters. The summed E-state index contributed by atoms with van der Waals surface area (Å²) in [5.41, 5.74) is 18.4. The summed E-state index contributed by atoms with van der Waals surface area (Å²) < 4.78 is 0. The summed E-state index contributed by atoms with van der Waals surface area (Å²) in [5.74, 6) is -5.70. The molecule has 0 saturated heterocycles. The number of carboxylic acid groups (broad SMARTS) is 2. The van der Waals surface area contributed by atoms with E-state index in [1.165, 1.54) is 0 Å². The summed E-state index contributed by atoms with van der Waals surface area (Å²) in [5, 5.41) is 31.2. The van der Waals surface area contributed by atoms with Crippen molar-refractivity contribution in [3.63, 3.8) is 0 Å². The minimum absolute atomic E-state index is 0.109. The number of carbonyl (C=O) groups is 6. The van der Waals surface area contributed by atoms with E-state index < -0.39 is 78.5 Å². The van der Waals surface area contributed by atoms with Gasteiger partial charge in [-0.15, -0.1) is 0 Å². The highest BCUT2D eigenvalue weighted by atomic mass is 16.4. The molecule has 0 aromatic carbocycles. The molecular weight excluding hydrogens is 554 g/mol. The molecule has 0 aliphatic carbocycles. The van der Waals surface area contributed by atoms with Crippen LogP contribution in [0.3, 0.4) is 0 Å². The zero-order valence-corrected chi connectivity index (χ0v) is 24.8. The molecule has 4 amide bonds. The van der Waals surface area contributed by atoms with Crippen molar-refractivity contribution in [3.8, 4) is 0 Å². The Balaban J connectivity index is 5.85. The van der Waals surface area contributed by atoms with E-state index in [2.05, 4.69) is 38.1 Å². The molecule has 0 saturated carbocycles. The summed E-state index contributed by atoms with van der Waals surface area (Å²) in [6.07, 6.45) is 0.532. The van der Waals surface area contributed by atoms with Gasteiger partial charge in [-0.2, -0.15) is 0 Å². The van der Waals surface area contributed by atoms with Crippen LogP contribution in [0.2, 0.25) is 0 Å². The first-order chi connectivity index (χ1) is 19.6. The largest absolute Gasteiger partial charge is 0.481 e. The van der Waals surface area contributed by atoms with Crippen LogP contribution < -0.4 is 49.5 Å². The summed E-state index contributed by atoms with van der Waals surface area (Å²) in [7, 11) is 0. The molecule has 0 spiro atoms. The van der Waals surface area contributed by atoms with Crippen LogP contribution in [0.15, 0.2) is 0 Å². The second-order valence-corrected chi connectivity index (χ2v) is 10.7. The van der Waals surface area contributed by atoms with Crippen molar-refractivity contribution in [1.82, 2.24) is 26.6 Å². The first kappa shape index (κ1) is 38.6. The average molecular weight is 606 g/mol. The predicted molar refractivity (Wildman–Crippen MR) is 150 cm³/mol. The van der Waals surface area contributed by atoms with Gasteiger partial charge < -0.3 is 54.4 Å². The van der Waals surface area contributed by atoms with E-state index >= 15 is 0 Å². The second-order valence-electron chi connectivity index (χ2n) is 10.7. The molecule has 5 atom stereocenters. The first-order valence-electron chi connectivity index (χ1n) is 14.1. The lowest BCUT2D eigenvalue weighted by Crippen LogP contribution is -2.67. The fourth-order valence-electron chi connectivity index (χ4n) is 3.85. The topological polar surface area (TPSA) is 310 Å². The quantitative estimate of drug-likeness (QED) is 0.0410. The zero-order valence-electron chi connectivity index (χ0n) is 24.8. The van der Waals surface area contributed by atoms with Gasteiger partial charge >= 0.3 is 11.9 Å². The van der Waals surface area contributed by atoms with Gasteiger partial charge in [-0.25, -0.2) is 4.79 Å². The minimum Gasteiger partial charge on any atom is -0.481 e. The Kier molecular flexibility index (Phi) is 18.8. The molecule has 0 aliphatic rings.